The molecule has 0 bridgehead atoms. The smallest absolute Gasteiger partial charge is 0.305 e. The highest BCUT2D eigenvalue weighted by Crippen LogP contribution is 2.12. The van der Waals surface area contributed by atoms with Crippen LogP contribution >= 0.6 is 0 Å². The molecule has 0 unspecified atom stereocenters. The van der Waals surface area contributed by atoms with Gasteiger partial charge in [0, 0.05) is 6.42 Å². The molecule has 27 heavy (non-hydrogen) atoms. The van der Waals surface area contributed by atoms with Crippen molar-refractivity contribution in [2.75, 3.05) is 7.11 Å². The van der Waals surface area contributed by atoms with Gasteiger partial charge in [-0.3, -0.25) is 4.79 Å². The minimum Gasteiger partial charge on any atom is -0.469 e. The van der Waals surface area contributed by atoms with Gasteiger partial charge in [0.15, 0.2) is 0 Å². The van der Waals surface area contributed by atoms with E-state index in [-0.39, 0.29) is 5.97 Å². The molecule has 0 aromatic rings. The molecule has 0 fully saturated rings. The van der Waals surface area contributed by atoms with Crippen LogP contribution < -0.4 is 0 Å². The fourth-order valence-electron chi connectivity index (χ4n) is 3.24. The first kappa shape index (κ1) is 26.0. The van der Waals surface area contributed by atoms with E-state index in [2.05, 4.69) is 36.0 Å². The van der Waals surface area contributed by atoms with Gasteiger partial charge in [-0.1, -0.05) is 102 Å². The van der Waals surface area contributed by atoms with Crippen molar-refractivity contribution in [3.63, 3.8) is 0 Å². The van der Waals surface area contributed by atoms with E-state index < -0.39 is 0 Å². The van der Waals surface area contributed by atoms with Crippen LogP contribution in [0.5, 0.6) is 0 Å². The Morgan fingerprint density at radius 1 is 0.630 bits per heavy atom. The van der Waals surface area contributed by atoms with Crippen LogP contribution in [0.3, 0.4) is 0 Å². The largest absolute Gasteiger partial charge is 0.469 e. The number of methoxy groups -OCH3 is 1. The van der Waals surface area contributed by atoms with Crippen molar-refractivity contribution < 1.29 is 9.53 Å². The number of ether oxygens (including phenoxy) is 1. The zero-order valence-corrected chi connectivity index (χ0v) is 18.4. The summed E-state index contributed by atoms with van der Waals surface area (Å²) < 4.78 is 4.63. The second-order valence-corrected chi connectivity index (χ2v) is 7.68. The molecule has 0 saturated carbocycles. The summed E-state index contributed by atoms with van der Waals surface area (Å²) in [6, 6.07) is 0. The SMILES string of the molecule is CCCCCCCCCCCCCCC=CCC=CCCCCC(=O)OC. The molecule has 0 heterocycles. The first-order valence-electron chi connectivity index (χ1n) is 11.7. The second kappa shape index (κ2) is 23.0. The van der Waals surface area contributed by atoms with Crippen molar-refractivity contribution in [1.82, 2.24) is 0 Å². The second-order valence-electron chi connectivity index (χ2n) is 7.68. The molecule has 0 rings (SSSR count). The van der Waals surface area contributed by atoms with E-state index in [9.17, 15) is 4.79 Å². The summed E-state index contributed by atoms with van der Waals surface area (Å²) in [5, 5.41) is 0. The van der Waals surface area contributed by atoms with Crippen LogP contribution in [0.4, 0.5) is 0 Å². The summed E-state index contributed by atoms with van der Waals surface area (Å²) in [5.74, 6) is -0.0975. The van der Waals surface area contributed by atoms with E-state index in [0.717, 1.165) is 25.7 Å². The number of allylic oxidation sites excluding steroid dienone is 4. The van der Waals surface area contributed by atoms with E-state index in [1.165, 1.54) is 90.6 Å². The summed E-state index contributed by atoms with van der Waals surface area (Å²) in [7, 11) is 1.45. The molecule has 0 radical (unpaired) electrons. The molecule has 0 aromatic carbocycles. The lowest BCUT2D eigenvalue weighted by molar-refractivity contribution is -0.140. The van der Waals surface area contributed by atoms with Crippen LogP contribution in [0, 0.1) is 0 Å². The third-order valence-corrected chi connectivity index (χ3v) is 5.06. The molecule has 0 aromatic heterocycles. The number of hydrogen-bond acceptors (Lipinski definition) is 2. The highest BCUT2D eigenvalue weighted by Gasteiger charge is 1.97. The molecule has 0 atom stereocenters. The van der Waals surface area contributed by atoms with Crippen molar-refractivity contribution in [2.24, 2.45) is 0 Å². The van der Waals surface area contributed by atoms with Crippen molar-refractivity contribution in [2.45, 2.75) is 122 Å². The Morgan fingerprint density at radius 2 is 1.07 bits per heavy atom. The predicted octanol–water partition coefficient (Wildman–Crippen LogP) is 8.31. The quantitative estimate of drug-likeness (QED) is 0.121. The van der Waals surface area contributed by atoms with E-state index in [1.807, 2.05) is 0 Å². The van der Waals surface area contributed by atoms with Gasteiger partial charge in [-0.2, -0.15) is 0 Å². The van der Waals surface area contributed by atoms with Crippen LogP contribution in [0.15, 0.2) is 24.3 Å². The van der Waals surface area contributed by atoms with Gasteiger partial charge in [-0.25, -0.2) is 0 Å². The number of unbranched alkanes of at least 4 members (excludes halogenated alkanes) is 14. The van der Waals surface area contributed by atoms with Gasteiger partial charge in [0.1, 0.15) is 0 Å². The van der Waals surface area contributed by atoms with Crippen LogP contribution in [0.25, 0.3) is 0 Å². The predicted molar refractivity (Wildman–Crippen MR) is 119 cm³/mol. The highest BCUT2D eigenvalue weighted by atomic mass is 16.5. The standard InChI is InChI=1S/C25H46O2/c1-3-4-5-6-7-8-9-10-11-12-13-14-15-16-17-18-19-20-21-22-23-24-25(26)27-2/h16-17,19-20H,3-15,18,21-24H2,1-2H3. The van der Waals surface area contributed by atoms with E-state index >= 15 is 0 Å². The highest BCUT2D eigenvalue weighted by molar-refractivity contribution is 5.68. The molecule has 0 spiro atoms. The molecule has 158 valence electrons. The molecule has 0 amide bonds. The maximum Gasteiger partial charge on any atom is 0.305 e. The van der Waals surface area contributed by atoms with Gasteiger partial charge in [0.05, 0.1) is 7.11 Å². The molecule has 0 saturated heterocycles. The summed E-state index contributed by atoms with van der Waals surface area (Å²) in [6.07, 6.45) is 31.9. The fraction of sp³-hybridized carbons (Fsp3) is 0.800. The lowest BCUT2D eigenvalue weighted by atomic mass is 10.0. The maximum absolute atomic E-state index is 11.0. The first-order chi connectivity index (χ1) is 13.3. The molecule has 2 nitrogen and oxygen atoms in total. The van der Waals surface area contributed by atoms with Crippen LogP contribution in [-0.2, 0) is 9.53 Å². The lowest BCUT2D eigenvalue weighted by Crippen LogP contribution is -1.98. The molecule has 0 N–H and O–H groups in total. The number of rotatable bonds is 20. The fourth-order valence-corrected chi connectivity index (χ4v) is 3.24. The van der Waals surface area contributed by atoms with Crippen LogP contribution in [0.2, 0.25) is 0 Å². The van der Waals surface area contributed by atoms with Crippen LogP contribution in [-0.4, -0.2) is 13.1 Å². The first-order valence-corrected chi connectivity index (χ1v) is 11.7. The maximum atomic E-state index is 11.0. The molecular weight excluding hydrogens is 332 g/mol. The molecule has 2 heteroatoms. The van der Waals surface area contributed by atoms with E-state index in [0.29, 0.717) is 6.42 Å². The normalized spacial score (nSPS) is 11.6. The summed E-state index contributed by atoms with van der Waals surface area (Å²) in [5.41, 5.74) is 0. The third-order valence-electron chi connectivity index (χ3n) is 5.06. The Hall–Kier alpha value is -1.05. The van der Waals surface area contributed by atoms with Crippen molar-refractivity contribution in [1.29, 1.82) is 0 Å². The number of esters is 1. The molecular formula is C25H46O2. The average molecular weight is 379 g/mol. The lowest BCUT2D eigenvalue weighted by Gasteiger charge is -2.02. The number of carbonyl (C=O) groups excluding carboxylic acids is 1. The van der Waals surface area contributed by atoms with Crippen molar-refractivity contribution >= 4 is 5.97 Å². The Morgan fingerprint density at radius 3 is 1.56 bits per heavy atom. The monoisotopic (exact) mass is 378 g/mol. The topological polar surface area (TPSA) is 26.3 Å². The van der Waals surface area contributed by atoms with Crippen molar-refractivity contribution in [3.8, 4) is 0 Å². The van der Waals surface area contributed by atoms with E-state index in [1.54, 1.807) is 0 Å². The minimum atomic E-state index is -0.0975. The average Bonchev–Trinajstić information content (AvgIpc) is 2.68. The summed E-state index contributed by atoms with van der Waals surface area (Å²) in [6.45, 7) is 2.28. The zero-order valence-electron chi connectivity index (χ0n) is 18.4. The Labute approximate surface area is 169 Å². The Bertz CT molecular complexity index is 357. The van der Waals surface area contributed by atoms with Gasteiger partial charge >= 0.3 is 5.97 Å². The minimum absolute atomic E-state index is 0.0975. The summed E-state index contributed by atoms with van der Waals surface area (Å²) >= 11 is 0. The van der Waals surface area contributed by atoms with Crippen molar-refractivity contribution in [3.05, 3.63) is 24.3 Å². The van der Waals surface area contributed by atoms with Gasteiger partial charge < -0.3 is 4.74 Å². The number of hydrogen-bond donors (Lipinski definition) is 0. The zero-order chi connectivity index (χ0) is 19.8. The third kappa shape index (κ3) is 22.9. The Kier molecular flexibility index (Phi) is 22.1. The van der Waals surface area contributed by atoms with Gasteiger partial charge in [-0.05, 0) is 38.5 Å². The van der Waals surface area contributed by atoms with Gasteiger partial charge in [0.25, 0.3) is 0 Å². The van der Waals surface area contributed by atoms with Gasteiger partial charge in [-0.15, -0.1) is 0 Å². The molecule has 0 aliphatic rings. The van der Waals surface area contributed by atoms with Gasteiger partial charge in [0.2, 0.25) is 0 Å². The number of carbonyl (C=O) groups is 1. The van der Waals surface area contributed by atoms with E-state index in [4.69, 9.17) is 0 Å². The summed E-state index contributed by atoms with van der Waals surface area (Å²) in [4.78, 5) is 11.0. The molecule has 0 aliphatic carbocycles. The van der Waals surface area contributed by atoms with Crippen LogP contribution in [0.1, 0.15) is 122 Å². The molecule has 0 aliphatic heterocycles. The Balaban J connectivity index is 3.18.